The van der Waals surface area contributed by atoms with E-state index in [1.54, 1.807) is 0 Å². The van der Waals surface area contributed by atoms with Gasteiger partial charge in [0.2, 0.25) is 0 Å². The van der Waals surface area contributed by atoms with Gasteiger partial charge in [0.15, 0.2) is 4.73 Å². The van der Waals surface area contributed by atoms with Crippen LogP contribution in [-0.4, -0.2) is 9.55 Å². The van der Waals surface area contributed by atoms with Gasteiger partial charge in [-0.15, -0.1) is 0 Å². The molecular formula is C11H17BrN2. The number of hydrogen-bond donors (Lipinski definition) is 0. The summed E-state index contributed by atoms with van der Waals surface area (Å²) >= 11 is 3.52. The summed E-state index contributed by atoms with van der Waals surface area (Å²) in [5.41, 5.74) is 1.42. The van der Waals surface area contributed by atoms with Gasteiger partial charge in [-0.2, -0.15) is 0 Å². The molecule has 78 valence electrons. The van der Waals surface area contributed by atoms with Gasteiger partial charge in [-0.3, -0.25) is 0 Å². The Balaban J connectivity index is 2.32. The molecule has 1 aliphatic carbocycles. The van der Waals surface area contributed by atoms with Crippen LogP contribution in [0.2, 0.25) is 0 Å². The summed E-state index contributed by atoms with van der Waals surface area (Å²) in [5.74, 6) is 0.746. The lowest BCUT2D eigenvalue weighted by Crippen LogP contribution is -2.08. The maximum atomic E-state index is 4.36. The number of imidazole rings is 1. The summed E-state index contributed by atoms with van der Waals surface area (Å²) in [7, 11) is 0. The van der Waals surface area contributed by atoms with Crippen molar-refractivity contribution in [1.82, 2.24) is 9.55 Å². The highest BCUT2D eigenvalue weighted by atomic mass is 79.9. The van der Waals surface area contributed by atoms with Crippen molar-refractivity contribution in [2.45, 2.75) is 51.5 Å². The fourth-order valence-corrected chi connectivity index (χ4v) is 3.10. The van der Waals surface area contributed by atoms with Gasteiger partial charge in [-0.05, 0) is 42.6 Å². The molecule has 1 aromatic rings. The molecule has 14 heavy (non-hydrogen) atoms. The van der Waals surface area contributed by atoms with Gasteiger partial charge in [0.05, 0.1) is 0 Å². The van der Waals surface area contributed by atoms with Crippen molar-refractivity contribution in [3.63, 3.8) is 0 Å². The highest BCUT2D eigenvalue weighted by Crippen LogP contribution is 2.36. The molecule has 3 heteroatoms. The van der Waals surface area contributed by atoms with Gasteiger partial charge < -0.3 is 4.57 Å². The molecule has 1 fully saturated rings. The number of halogens is 1. The molecule has 2 nitrogen and oxygen atoms in total. The summed E-state index contributed by atoms with van der Waals surface area (Å²) in [6.07, 6.45) is 7.48. The summed E-state index contributed by atoms with van der Waals surface area (Å²) in [5, 5.41) is 0. The van der Waals surface area contributed by atoms with Crippen molar-refractivity contribution in [3.05, 3.63) is 16.6 Å². The molecule has 0 spiro atoms. The molecule has 0 N–H and O–H groups in total. The largest absolute Gasteiger partial charge is 0.320 e. The Bertz CT molecular complexity index is 311. The predicted molar refractivity (Wildman–Crippen MR) is 61.5 cm³/mol. The first-order valence-electron chi connectivity index (χ1n) is 5.42. The van der Waals surface area contributed by atoms with E-state index in [1.807, 2.05) is 6.20 Å². The zero-order valence-corrected chi connectivity index (χ0v) is 10.4. The average molecular weight is 257 g/mol. The first-order chi connectivity index (χ1) is 6.70. The van der Waals surface area contributed by atoms with E-state index in [-0.39, 0.29) is 0 Å². The van der Waals surface area contributed by atoms with E-state index in [0.29, 0.717) is 6.04 Å². The molecular weight excluding hydrogens is 240 g/mol. The lowest BCUT2D eigenvalue weighted by Gasteiger charge is -2.17. The second-order valence-corrected chi connectivity index (χ2v) is 5.11. The number of nitrogens with zero attached hydrogens (tertiary/aromatic N) is 2. The second kappa shape index (κ2) is 4.05. The summed E-state index contributed by atoms with van der Waals surface area (Å²) in [6.45, 7) is 4.43. The van der Waals surface area contributed by atoms with Crippen LogP contribution in [0.5, 0.6) is 0 Å². The fourth-order valence-electron chi connectivity index (χ4n) is 2.39. The van der Waals surface area contributed by atoms with Crippen molar-refractivity contribution < 1.29 is 0 Å². The molecule has 0 unspecified atom stereocenters. The van der Waals surface area contributed by atoms with Gasteiger partial charge >= 0.3 is 0 Å². The molecule has 0 saturated heterocycles. The van der Waals surface area contributed by atoms with E-state index in [4.69, 9.17) is 0 Å². The van der Waals surface area contributed by atoms with Crippen LogP contribution in [0.4, 0.5) is 0 Å². The van der Waals surface area contributed by atoms with Crippen molar-refractivity contribution in [2.75, 3.05) is 0 Å². The number of hydrogen-bond acceptors (Lipinski definition) is 1. The SMILES string of the molecule is CC(C)n1c(C2CCCC2)cnc1Br. The summed E-state index contributed by atoms with van der Waals surface area (Å²) in [6, 6.07) is 0.502. The normalized spacial score (nSPS) is 18.3. The Morgan fingerprint density at radius 3 is 2.64 bits per heavy atom. The molecule has 1 saturated carbocycles. The lowest BCUT2D eigenvalue weighted by molar-refractivity contribution is 0.530. The van der Waals surface area contributed by atoms with Crippen LogP contribution >= 0.6 is 15.9 Å². The van der Waals surface area contributed by atoms with E-state index in [1.165, 1.54) is 31.4 Å². The van der Waals surface area contributed by atoms with Crippen molar-refractivity contribution in [2.24, 2.45) is 0 Å². The maximum absolute atomic E-state index is 4.36. The highest BCUT2D eigenvalue weighted by molar-refractivity contribution is 9.10. The van der Waals surface area contributed by atoms with Crippen molar-refractivity contribution >= 4 is 15.9 Å². The Labute approximate surface area is 93.9 Å². The number of aromatic nitrogens is 2. The molecule has 0 aromatic carbocycles. The topological polar surface area (TPSA) is 17.8 Å². The van der Waals surface area contributed by atoms with E-state index in [2.05, 4.69) is 39.3 Å². The van der Waals surface area contributed by atoms with Gasteiger partial charge in [-0.1, -0.05) is 12.8 Å². The first kappa shape index (κ1) is 10.2. The minimum Gasteiger partial charge on any atom is -0.320 e. The Morgan fingerprint density at radius 1 is 1.43 bits per heavy atom. The molecule has 0 bridgehead atoms. The smallest absolute Gasteiger partial charge is 0.177 e. The van der Waals surface area contributed by atoms with Crippen LogP contribution in [0.1, 0.15) is 57.2 Å². The third-order valence-corrected chi connectivity index (χ3v) is 3.66. The van der Waals surface area contributed by atoms with Crippen LogP contribution in [0.3, 0.4) is 0 Å². The van der Waals surface area contributed by atoms with Crippen molar-refractivity contribution in [3.8, 4) is 0 Å². The maximum Gasteiger partial charge on any atom is 0.177 e. The number of rotatable bonds is 2. The van der Waals surface area contributed by atoms with Crippen LogP contribution in [0.15, 0.2) is 10.9 Å². The third kappa shape index (κ3) is 1.74. The first-order valence-corrected chi connectivity index (χ1v) is 6.22. The fraction of sp³-hybridized carbons (Fsp3) is 0.727. The van der Waals surface area contributed by atoms with E-state index in [9.17, 15) is 0 Å². The monoisotopic (exact) mass is 256 g/mol. The van der Waals surface area contributed by atoms with Crippen LogP contribution < -0.4 is 0 Å². The third-order valence-electron chi connectivity index (χ3n) is 3.07. The molecule has 0 amide bonds. The van der Waals surface area contributed by atoms with Crippen LogP contribution in [0.25, 0.3) is 0 Å². The molecule has 1 aromatic heterocycles. The van der Waals surface area contributed by atoms with Gasteiger partial charge in [0, 0.05) is 23.9 Å². The lowest BCUT2D eigenvalue weighted by atomic mass is 10.0. The zero-order chi connectivity index (χ0) is 10.1. The van der Waals surface area contributed by atoms with E-state index in [0.717, 1.165) is 10.7 Å². The molecule has 0 radical (unpaired) electrons. The Morgan fingerprint density at radius 2 is 2.07 bits per heavy atom. The standard InChI is InChI=1S/C11H17BrN2/c1-8(2)14-10(7-13-11(14)12)9-5-3-4-6-9/h7-9H,3-6H2,1-2H3. The van der Waals surface area contributed by atoms with Gasteiger partial charge in [0.1, 0.15) is 0 Å². The molecule has 2 rings (SSSR count). The van der Waals surface area contributed by atoms with Gasteiger partial charge in [0.25, 0.3) is 0 Å². The predicted octanol–water partition coefficient (Wildman–Crippen LogP) is 3.88. The average Bonchev–Trinajstić information content (AvgIpc) is 2.70. The highest BCUT2D eigenvalue weighted by Gasteiger charge is 2.22. The Kier molecular flexibility index (Phi) is 2.96. The van der Waals surface area contributed by atoms with E-state index < -0.39 is 0 Å². The van der Waals surface area contributed by atoms with E-state index >= 15 is 0 Å². The quantitative estimate of drug-likeness (QED) is 0.786. The summed E-state index contributed by atoms with van der Waals surface area (Å²) in [4.78, 5) is 4.36. The van der Waals surface area contributed by atoms with Crippen LogP contribution in [-0.2, 0) is 0 Å². The van der Waals surface area contributed by atoms with Gasteiger partial charge in [-0.25, -0.2) is 4.98 Å². The minimum absolute atomic E-state index is 0.502. The molecule has 1 heterocycles. The van der Waals surface area contributed by atoms with Crippen molar-refractivity contribution in [1.29, 1.82) is 0 Å². The van der Waals surface area contributed by atoms with Crippen LogP contribution in [0, 0.1) is 0 Å². The zero-order valence-electron chi connectivity index (χ0n) is 8.83. The Hall–Kier alpha value is -0.310. The molecule has 0 atom stereocenters. The summed E-state index contributed by atoms with van der Waals surface area (Å²) < 4.78 is 3.30. The molecule has 0 aliphatic heterocycles. The minimum atomic E-state index is 0.502. The molecule has 1 aliphatic rings. The second-order valence-electron chi connectivity index (χ2n) is 4.40.